The number of aromatic nitrogens is 1. The first-order valence-corrected chi connectivity index (χ1v) is 6.51. The van der Waals surface area contributed by atoms with Crippen LogP contribution in [0.4, 0.5) is 5.69 Å². The molecule has 1 heterocycles. The zero-order valence-electron chi connectivity index (χ0n) is 11.5. The van der Waals surface area contributed by atoms with Crippen LogP contribution in [0.5, 0.6) is 0 Å². The highest BCUT2D eigenvalue weighted by Gasteiger charge is 2.10. The number of terminal acetylenes is 1. The molecule has 0 spiro atoms. The molecule has 3 nitrogen and oxygen atoms in total. The lowest BCUT2D eigenvalue weighted by Gasteiger charge is -2.23. The predicted octanol–water partition coefficient (Wildman–Crippen LogP) is 2.41. The maximum atomic E-state index is 5.46. The molecule has 0 fully saturated rings. The van der Waals surface area contributed by atoms with Gasteiger partial charge in [0, 0.05) is 24.2 Å². The first-order valence-electron chi connectivity index (χ1n) is 6.51. The molecular formula is C16H19N3. The van der Waals surface area contributed by atoms with Gasteiger partial charge in [-0.1, -0.05) is 24.1 Å². The largest absolute Gasteiger partial charge is 0.360 e. The van der Waals surface area contributed by atoms with Gasteiger partial charge in [0.25, 0.3) is 0 Å². The van der Waals surface area contributed by atoms with E-state index in [9.17, 15) is 0 Å². The summed E-state index contributed by atoms with van der Waals surface area (Å²) < 4.78 is 0. The number of anilines is 1. The fraction of sp³-hybridized carbons (Fsp3) is 0.312. The lowest BCUT2D eigenvalue weighted by atomic mass is 10.1. The standard InChI is InChI=1S/C16H19N3/c1-4-10-19(5-2)16-11-13(12-17-3)18-15-9-7-6-8-14(15)16/h1,6-9,11,17H,5,10,12H2,2-3H3. The number of hydrogen-bond acceptors (Lipinski definition) is 3. The van der Waals surface area contributed by atoms with Gasteiger partial charge in [-0.15, -0.1) is 6.42 Å². The van der Waals surface area contributed by atoms with Crippen molar-refractivity contribution in [3.8, 4) is 12.3 Å². The molecule has 0 radical (unpaired) electrons. The molecule has 1 N–H and O–H groups in total. The molecule has 2 rings (SSSR count). The molecule has 0 atom stereocenters. The molecule has 0 aliphatic carbocycles. The van der Waals surface area contributed by atoms with E-state index in [-0.39, 0.29) is 0 Å². The first kappa shape index (κ1) is 13.4. The van der Waals surface area contributed by atoms with Gasteiger partial charge in [0.15, 0.2) is 0 Å². The fourth-order valence-corrected chi connectivity index (χ4v) is 2.22. The first-order chi connectivity index (χ1) is 9.30. The normalized spacial score (nSPS) is 10.4. The van der Waals surface area contributed by atoms with Crippen LogP contribution in [0.15, 0.2) is 30.3 Å². The number of para-hydroxylation sites is 1. The number of pyridine rings is 1. The average Bonchev–Trinajstić information content (AvgIpc) is 2.44. The van der Waals surface area contributed by atoms with E-state index in [2.05, 4.69) is 40.2 Å². The zero-order valence-corrected chi connectivity index (χ0v) is 11.5. The van der Waals surface area contributed by atoms with Crippen molar-refractivity contribution in [2.24, 2.45) is 0 Å². The van der Waals surface area contributed by atoms with Crippen molar-refractivity contribution in [2.45, 2.75) is 13.5 Å². The number of rotatable bonds is 5. The van der Waals surface area contributed by atoms with Gasteiger partial charge in [0.2, 0.25) is 0 Å². The van der Waals surface area contributed by atoms with Crippen LogP contribution in [0.25, 0.3) is 10.9 Å². The summed E-state index contributed by atoms with van der Waals surface area (Å²) in [6.45, 7) is 4.37. The van der Waals surface area contributed by atoms with Crippen molar-refractivity contribution in [1.29, 1.82) is 0 Å². The fourth-order valence-electron chi connectivity index (χ4n) is 2.22. The van der Waals surface area contributed by atoms with E-state index >= 15 is 0 Å². The molecule has 98 valence electrons. The average molecular weight is 253 g/mol. The summed E-state index contributed by atoms with van der Waals surface area (Å²) in [5.74, 6) is 2.72. The highest BCUT2D eigenvalue weighted by Crippen LogP contribution is 2.26. The van der Waals surface area contributed by atoms with Crippen LogP contribution in [0, 0.1) is 12.3 Å². The van der Waals surface area contributed by atoms with Crippen molar-refractivity contribution in [2.75, 3.05) is 25.0 Å². The van der Waals surface area contributed by atoms with E-state index in [1.807, 2.05) is 25.2 Å². The number of nitrogens with zero attached hydrogens (tertiary/aromatic N) is 2. The Labute approximate surface area is 114 Å². The second-order valence-electron chi connectivity index (χ2n) is 4.40. The summed E-state index contributed by atoms with van der Waals surface area (Å²) in [7, 11) is 1.93. The van der Waals surface area contributed by atoms with Gasteiger partial charge in [-0.05, 0) is 26.1 Å². The van der Waals surface area contributed by atoms with Crippen LogP contribution >= 0.6 is 0 Å². The topological polar surface area (TPSA) is 28.2 Å². The Balaban J connectivity index is 2.58. The Morgan fingerprint density at radius 1 is 1.37 bits per heavy atom. The molecule has 3 heteroatoms. The van der Waals surface area contributed by atoms with Crippen LogP contribution < -0.4 is 10.2 Å². The van der Waals surface area contributed by atoms with Gasteiger partial charge < -0.3 is 10.2 Å². The smallest absolute Gasteiger partial charge is 0.0791 e. The molecule has 0 amide bonds. The van der Waals surface area contributed by atoms with Crippen molar-refractivity contribution >= 4 is 16.6 Å². The predicted molar refractivity (Wildman–Crippen MR) is 81.2 cm³/mol. The molecule has 0 unspecified atom stereocenters. The monoisotopic (exact) mass is 253 g/mol. The summed E-state index contributed by atoms with van der Waals surface area (Å²) in [6.07, 6.45) is 5.46. The minimum absolute atomic E-state index is 0.615. The van der Waals surface area contributed by atoms with Gasteiger partial charge in [0.05, 0.1) is 17.8 Å². The Hall–Kier alpha value is -2.05. The second-order valence-corrected chi connectivity index (χ2v) is 4.40. The zero-order chi connectivity index (χ0) is 13.7. The molecule has 0 saturated carbocycles. The number of hydrogen-bond donors (Lipinski definition) is 1. The minimum Gasteiger partial charge on any atom is -0.360 e. The summed E-state index contributed by atoms with van der Waals surface area (Å²) in [4.78, 5) is 6.86. The van der Waals surface area contributed by atoms with Crippen molar-refractivity contribution in [3.63, 3.8) is 0 Å². The summed E-state index contributed by atoms with van der Waals surface area (Å²) in [5.41, 5.74) is 3.21. The number of benzene rings is 1. The number of nitrogens with one attached hydrogen (secondary N) is 1. The van der Waals surface area contributed by atoms with E-state index in [4.69, 9.17) is 6.42 Å². The number of fused-ring (bicyclic) bond motifs is 1. The van der Waals surface area contributed by atoms with Gasteiger partial charge in [0.1, 0.15) is 0 Å². The maximum absolute atomic E-state index is 5.46. The van der Waals surface area contributed by atoms with Gasteiger partial charge in [-0.25, -0.2) is 0 Å². The third-order valence-electron chi connectivity index (χ3n) is 3.11. The van der Waals surface area contributed by atoms with Crippen LogP contribution in [-0.4, -0.2) is 25.1 Å². The Morgan fingerprint density at radius 3 is 2.84 bits per heavy atom. The summed E-state index contributed by atoms with van der Waals surface area (Å²) in [5, 5.41) is 4.30. The SMILES string of the molecule is C#CCN(CC)c1cc(CNC)nc2ccccc12. The van der Waals surface area contributed by atoms with E-state index < -0.39 is 0 Å². The van der Waals surface area contributed by atoms with Crippen molar-refractivity contribution < 1.29 is 0 Å². The van der Waals surface area contributed by atoms with Crippen LogP contribution in [0.1, 0.15) is 12.6 Å². The Bertz CT molecular complexity index is 598. The molecule has 0 aliphatic rings. The van der Waals surface area contributed by atoms with E-state index in [0.29, 0.717) is 6.54 Å². The lowest BCUT2D eigenvalue weighted by Crippen LogP contribution is -2.23. The molecule has 19 heavy (non-hydrogen) atoms. The third-order valence-corrected chi connectivity index (χ3v) is 3.11. The Morgan fingerprint density at radius 2 is 2.16 bits per heavy atom. The van der Waals surface area contributed by atoms with Crippen LogP contribution in [-0.2, 0) is 6.54 Å². The van der Waals surface area contributed by atoms with Gasteiger partial charge in [-0.2, -0.15) is 0 Å². The minimum atomic E-state index is 0.615. The van der Waals surface area contributed by atoms with Crippen LogP contribution in [0.3, 0.4) is 0 Å². The van der Waals surface area contributed by atoms with Crippen molar-refractivity contribution in [1.82, 2.24) is 10.3 Å². The summed E-state index contributed by atoms with van der Waals surface area (Å²) in [6, 6.07) is 10.3. The Kier molecular flexibility index (Phi) is 4.38. The summed E-state index contributed by atoms with van der Waals surface area (Å²) >= 11 is 0. The molecule has 1 aromatic heterocycles. The molecule has 0 aliphatic heterocycles. The molecular weight excluding hydrogens is 234 g/mol. The molecule has 0 bridgehead atoms. The highest BCUT2D eigenvalue weighted by atomic mass is 15.1. The quantitative estimate of drug-likeness (QED) is 0.829. The second kappa shape index (κ2) is 6.21. The lowest BCUT2D eigenvalue weighted by molar-refractivity contribution is 0.793. The third kappa shape index (κ3) is 2.86. The van der Waals surface area contributed by atoms with Crippen LogP contribution in [0.2, 0.25) is 0 Å². The van der Waals surface area contributed by atoms with E-state index in [1.54, 1.807) is 0 Å². The van der Waals surface area contributed by atoms with E-state index in [0.717, 1.165) is 35.4 Å². The van der Waals surface area contributed by atoms with E-state index in [1.165, 1.54) is 0 Å². The molecule has 2 aromatic rings. The van der Waals surface area contributed by atoms with Gasteiger partial charge in [-0.3, -0.25) is 4.98 Å². The van der Waals surface area contributed by atoms with Crippen molar-refractivity contribution in [3.05, 3.63) is 36.0 Å². The van der Waals surface area contributed by atoms with Gasteiger partial charge >= 0.3 is 0 Å². The highest BCUT2D eigenvalue weighted by molar-refractivity contribution is 5.92. The molecule has 1 aromatic carbocycles. The maximum Gasteiger partial charge on any atom is 0.0791 e. The molecule has 0 saturated heterocycles.